The number of nitrogens with zero attached hydrogens (tertiary/aromatic N) is 4. The van der Waals surface area contributed by atoms with Crippen molar-refractivity contribution in [1.29, 1.82) is 0 Å². The van der Waals surface area contributed by atoms with Crippen LogP contribution in [0.1, 0.15) is 21.9 Å². The van der Waals surface area contributed by atoms with Crippen molar-refractivity contribution in [3.63, 3.8) is 0 Å². The van der Waals surface area contributed by atoms with Gasteiger partial charge in [-0.1, -0.05) is 0 Å². The number of carboxylic acid groups (broad SMARTS) is 1. The van der Waals surface area contributed by atoms with Crippen LogP contribution in [0.5, 0.6) is 0 Å². The number of hydrogen-bond donors (Lipinski definition) is 1. The molecule has 0 aliphatic heterocycles. The zero-order valence-corrected chi connectivity index (χ0v) is 11.5. The van der Waals surface area contributed by atoms with Gasteiger partial charge in [-0.3, -0.25) is 9.36 Å². The van der Waals surface area contributed by atoms with Gasteiger partial charge in [-0.25, -0.2) is 19.7 Å². The second kappa shape index (κ2) is 5.27. The molecule has 0 amide bonds. The minimum Gasteiger partial charge on any atom is -0.478 e. The third-order valence-electron chi connectivity index (χ3n) is 2.54. The monoisotopic (exact) mass is 324 g/mol. The molecule has 0 aliphatic rings. The third-order valence-corrected chi connectivity index (χ3v) is 3.08. The smallest absolute Gasteiger partial charge is 0.339 e. The van der Waals surface area contributed by atoms with E-state index in [4.69, 9.17) is 5.11 Å². The molecule has 0 radical (unpaired) electrons. The predicted molar refractivity (Wildman–Crippen MR) is 69.0 cm³/mol. The lowest BCUT2D eigenvalue weighted by atomic mass is 10.2. The summed E-state index contributed by atoms with van der Waals surface area (Å²) in [6.45, 7) is 1.69. The van der Waals surface area contributed by atoms with Crippen LogP contribution in [0.4, 0.5) is 0 Å². The summed E-state index contributed by atoms with van der Waals surface area (Å²) in [5.74, 6) is -0.660. The Bertz CT molecular complexity index is 699. The maximum atomic E-state index is 12.0. The number of hydrogen-bond acceptors (Lipinski definition) is 5. The van der Waals surface area contributed by atoms with Crippen LogP contribution in [0.3, 0.4) is 0 Å². The molecule has 98 valence electrons. The van der Waals surface area contributed by atoms with Crippen LogP contribution in [0.2, 0.25) is 0 Å². The molecular weight excluding hydrogens is 316 g/mol. The Morgan fingerprint density at radius 2 is 2.16 bits per heavy atom. The van der Waals surface area contributed by atoms with Crippen molar-refractivity contribution in [2.45, 2.75) is 13.5 Å². The van der Waals surface area contributed by atoms with Gasteiger partial charge in [0.05, 0.1) is 12.2 Å². The van der Waals surface area contributed by atoms with Crippen molar-refractivity contribution in [3.05, 3.63) is 50.6 Å². The second-order valence-corrected chi connectivity index (χ2v) is 4.59. The molecule has 0 aromatic carbocycles. The van der Waals surface area contributed by atoms with Gasteiger partial charge in [0.2, 0.25) is 0 Å². The molecule has 2 aromatic rings. The summed E-state index contributed by atoms with van der Waals surface area (Å²) < 4.78 is 1.66. The molecular formula is C11H9BrN4O3. The molecule has 8 heteroatoms. The van der Waals surface area contributed by atoms with Crippen LogP contribution in [0.25, 0.3) is 0 Å². The first-order valence-corrected chi connectivity index (χ1v) is 6.04. The summed E-state index contributed by atoms with van der Waals surface area (Å²) in [4.78, 5) is 34.6. The van der Waals surface area contributed by atoms with E-state index in [2.05, 4.69) is 30.9 Å². The highest BCUT2D eigenvalue weighted by molar-refractivity contribution is 9.10. The first-order chi connectivity index (χ1) is 9.00. The zero-order valence-electron chi connectivity index (χ0n) is 9.87. The first-order valence-electron chi connectivity index (χ1n) is 5.25. The number of rotatable bonds is 3. The second-order valence-electron chi connectivity index (χ2n) is 3.73. The maximum Gasteiger partial charge on any atom is 0.339 e. The summed E-state index contributed by atoms with van der Waals surface area (Å²) in [5.41, 5.74) is -0.0659. The van der Waals surface area contributed by atoms with E-state index in [1.165, 1.54) is 23.3 Å². The molecule has 0 spiro atoms. The van der Waals surface area contributed by atoms with Gasteiger partial charge in [0.25, 0.3) is 5.56 Å². The predicted octanol–water partition coefficient (Wildman–Crippen LogP) is 0.851. The molecule has 19 heavy (non-hydrogen) atoms. The summed E-state index contributed by atoms with van der Waals surface area (Å²) >= 11 is 3.10. The van der Waals surface area contributed by atoms with Crippen LogP contribution in [-0.4, -0.2) is 30.6 Å². The fraction of sp³-hybridized carbons (Fsp3) is 0.182. The molecule has 2 rings (SSSR count). The normalized spacial score (nSPS) is 10.4. The molecule has 0 aliphatic carbocycles. The minimum atomic E-state index is -1.13. The Balaban J connectivity index is 2.51. The van der Waals surface area contributed by atoms with E-state index in [1.54, 1.807) is 6.92 Å². The Labute approximate surface area is 116 Å². The van der Waals surface area contributed by atoms with Crippen molar-refractivity contribution in [3.8, 4) is 0 Å². The van der Waals surface area contributed by atoms with Crippen molar-refractivity contribution >= 4 is 21.9 Å². The average molecular weight is 325 g/mol. The molecule has 0 bridgehead atoms. The van der Waals surface area contributed by atoms with Crippen LogP contribution in [-0.2, 0) is 6.54 Å². The maximum absolute atomic E-state index is 12.0. The Morgan fingerprint density at radius 1 is 1.42 bits per heavy atom. The van der Waals surface area contributed by atoms with Gasteiger partial charge in [-0.05, 0) is 22.9 Å². The van der Waals surface area contributed by atoms with E-state index in [0.29, 0.717) is 10.3 Å². The topological polar surface area (TPSA) is 98.0 Å². The van der Waals surface area contributed by atoms with Gasteiger partial charge >= 0.3 is 5.97 Å². The fourth-order valence-electron chi connectivity index (χ4n) is 1.55. The van der Waals surface area contributed by atoms with Crippen molar-refractivity contribution in [1.82, 2.24) is 19.5 Å². The Hall–Kier alpha value is -2.09. The van der Waals surface area contributed by atoms with E-state index in [1.807, 2.05) is 0 Å². The molecule has 0 atom stereocenters. The lowest BCUT2D eigenvalue weighted by Crippen LogP contribution is -2.26. The van der Waals surface area contributed by atoms with Gasteiger partial charge in [0.1, 0.15) is 22.2 Å². The highest BCUT2D eigenvalue weighted by Crippen LogP contribution is 2.08. The Kier molecular flexibility index (Phi) is 3.70. The van der Waals surface area contributed by atoms with E-state index >= 15 is 0 Å². The average Bonchev–Trinajstić information content (AvgIpc) is 2.39. The van der Waals surface area contributed by atoms with Gasteiger partial charge in [-0.2, -0.15) is 0 Å². The molecule has 1 N–H and O–H groups in total. The SMILES string of the molecule is Cc1ncc(Br)c(=O)n1Cc1ncncc1C(=O)O. The summed E-state index contributed by atoms with van der Waals surface area (Å²) in [5, 5.41) is 9.04. The molecule has 0 unspecified atom stereocenters. The van der Waals surface area contributed by atoms with E-state index in [-0.39, 0.29) is 23.4 Å². The summed E-state index contributed by atoms with van der Waals surface area (Å²) in [7, 11) is 0. The van der Waals surface area contributed by atoms with Crippen LogP contribution >= 0.6 is 15.9 Å². The number of halogens is 1. The minimum absolute atomic E-state index is 0.0290. The molecule has 7 nitrogen and oxygen atoms in total. The quantitative estimate of drug-likeness (QED) is 0.898. The standard InChI is InChI=1S/C11H9BrN4O3/c1-6-14-3-8(12)10(17)16(6)4-9-7(11(18)19)2-13-5-15-9/h2-3,5H,4H2,1H3,(H,18,19). The number of aromatic carboxylic acids is 1. The van der Waals surface area contributed by atoms with Crippen LogP contribution < -0.4 is 5.56 Å². The highest BCUT2D eigenvalue weighted by atomic mass is 79.9. The largest absolute Gasteiger partial charge is 0.478 e. The van der Waals surface area contributed by atoms with E-state index in [0.717, 1.165) is 0 Å². The van der Waals surface area contributed by atoms with Crippen molar-refractivity contribution in [2.24, 2.45) is 0 Å². The lowest BCUT2D eigenvalue weighted by Gasteiger charge is -2.10. The number of carboxylic acids is 1. The van der Waals surface area contributed by atoms with Gasteiger partial charge < -0.3 is 5.11 Å². The first kappa shape index (κ1) is 13.3. The van der Waals surface area contributed by atoms with Gasteiger partial charge in [0.15, 0.2) is 0 Å². The van der Waals surface area contributed by atoms with Gasteiger partial charge in [-0.15, -0.1) is 0 Å². The lowest BCUT2D eigenvalue weighted by molar-refractivity contribution is 0.0694. The summed E-state index contributed by atoms with van der Waals surface area (Å²) in [6.07, 6.45) is 3.86. The van der Waals surface area contributed by atoms with Crippen molar-refractivity contribution < 1.29 is 9.90 Å². The molecule has 0 saturated carbocycles. The summed E-state index contributed by atoms with van der Waals surface area (Å²) in [6, 6.07) is 0. The van der Waals surface area contributed by atoms with E-state index in [9.17, 15) is 9.59 Å². The van der Waals surface area contributed by atoms with Crippen LogP contribution in [0, 0.1) is 6.92 Å². The van der Waals surface area contributed by atoms with Crippen LogP contribution in [0.15, 0.2) is 28.0 Å². The number of carbonyl (C=O) groups is 1. The highest BCUT2D eigenvalue weighted by Gasteiger charge is 2.14. The van der Waals surface area contributed by atoms with E-state index < -0.39 is 5.97 Å². The van der Waals surface area contributed by atoms with Gasteiger partial charge in [0, 0.05) is 12.4 Å². The zero-order chi connectivity index (χ0) is 14.0. The molecule has 2 heterocycles. The van der Waals surface area contributed by atoms with Crippen molar-refractivity contribution in [2.75, 3.05) is 0 Å². The molecule has 2 aromatic heterocycles. The molecule has 0 saturated heterocycles. The number of aromatic nitrogens is 4. The number of aryl methyl sites for hydroxylation is 1. The third kappa shape index (κ3) is 2.68. The molecule has 0 fully saturated rings. The fourth-order valence-corrected chi connectivity index (χ4v) is 1.86. The Morgan fingerprint density at radius 3 is 2.84 bits per heavy atom.